The van der Waals surface area contributed by atoms with E-state index in [0.717, 1.165) is 36.0 Å². The Balaban J connectivity index is 1.84. The maximum atomic E-state index is 12.4. The van der Waals surface area contributed by atoms with Crippen molar-refractivity contribution in [3.05, 3.63) is 29.5 Å². The van der Waals surface area contributed by atoms with Gasteiger partial charge in [0, 0.05) is 24.9 Å². The summed E-state index contributed by atoms with van der Waals surface area (Å²) in [5, 5.41) is 12.3. The van der Waals surface area contributed by atoms with Gasteiger partial charge in [-0.25, -0.2) is 0 Å². The highest BCUT2D eigenvalue weighted by molar-refractivity contribution is 5.86. The van der Waals surface area contributed by atoms with Crippen molar-refractivity contribution in [3.63, 3.8) is 0 Å². The number of carbonyl (C=O) groups is 1. The molecule has 124 valence electrons. The lowest BCUT2D eigenvalue weighted by Crippen LogP contribution is -2.43. The second kappa shape index (κ2) is 5.96. The summed E-state index contributed by atoms with van der Waals surface area (Å²) in [5.41, 5.74) is 2.75. The Morgan fingerprint density at radius 2 is 2.26 bits per heavy atom. The van der Waals surface area contributed by atoms with E-state index in [0.29, 0.717) is 12.5 Å². The van der Waals surface area contributed by atoms with E-state index < -0.39 is 5.54 Å². The van der Waals surface area contributed by atoms with Crippen molar-refractivity contribution >= 4 is 16.8 Å². The number of aryl methyl sites for hydroxylation is 2. The predicted molar refractivity (Wildman–Crippen MR) is 92.3 cm³/mol. The van der Waals surface area contributed by atoms with Crippen LogP contribution in [0.3, 0.4) is 0 Å². The Morgan fingerprint density at radius 3 is 2.96 bits per heavy atom. The molecule has 0 spiro atoms. The van der Waals surface area contributed by atoms with Crippen molar-refractivity contribution in [2.24, 2.45) is 7.05 Å². The van der Waals surface area contributed by atoms with E-state index >= 15 is 0 Å². The average molecular weight is 314 g/mol. The zero-order chi connectivity index (χ0) is 16.6. The second-order valence-electron chi connectivity index (χ2n) is 7.11. The van der Waals surface area contributed by atoms with E-state index in [-0.39, 0.29) is 5.91 Å². The minimum absolute atomic E-state index is 0.0841. The molecular weight excluding hydrogens is 288 g/mol. The summed E-state index contributed by atoms with van der Waals surface area (Å²) in [7, 11) is 1.96. The topological polar surface area (TPSA) is 59.0 Å². The Labute approximate surface area is 137 Å². The molecule has 1 aromatic carbocycles. The van der Waals surface area contributed by atoms with Crippen molar-refractivity contribution in [2.45, 2.75) is 51.6 Å². The molecule has 2 N–H and O–H groups in total. The van der Waals surface area contributed by atoms with Gasteiger partial charge in [0.1, 0.15) is 0 Å². The average Bonchev–Trinajstić information content (AvgIpc) is 3.07. The van der Waals surface area contributed by atoms with E-state index in [9.17, 15) is 4.79 Å². The minimum atomic E-state index is -0.497. The first-order valence-electron chi connectivity index (χ1n) is 8.35. The fraction of sp³-hybridized carbons (Fsp3) is 0.556. The van der Waals surface area contributed by atoms with Crippen molar-refractivity contribution in [3.8, 4) is 0 Å². The number of para-hydroxylation sites is 1. The van der Waals surface area contributed by atoms with Crippen LogP contribution in [0.5, 0.6) is 0 Å². The molecule has 0 saturated carbocycles. The Morgan fingerprint density at radius 1 is 1.48 bits per heavy atom. The van der Waals surface area contributed by atoms with Crippen molar-refractivity contribution in [1.29, 1.82) is 0 Å². The lowest BCUT2D eigenvalue weighted by molar-refractivity contribution is -0.123. The standard InChI is InChI=1S/C18H26N4O/c1-12-7-5-9-14-16(12)22(4)21-17(14)18(2,3)20-15(23)11-13-8-6-10-19-13/h5,7,9,13,19H,6,8,10-11H2,1-4H3,(H,20,23). The van der Waals surface area contributed by atoms with E-state index in [1.54, 1.807) is 0 Å². The highest BCUT2D eigenvalue weighted by atomic mass is 16.1. The highest BCUT2D eigenvalue weighted by Gasteiger charge is 2.30. The molecule has 1 aromatic heterocycles. The van der Waals surface area contributed by atoms with Gasteiger partial charge in [-0.2, -0.15) is 5.10 Å². The van der Waals surface area contributed by atoms with Gasteiger partial charge in [0.25, 0.3) is 0 Å². The summed E-state index contributed by atoms with van der Waals surface area (Å²) in [6.07, 6.45) is 2.78. The summed E-state index contributed by atoms with van der Waals surface area (Å²) >= 11 is 0. The van der Waals surface area contributed by atoms with Crippen LogP contribution in [-0.4, -0.2) is 28.3 Å². The third-order valence-electron chi connectivity index (χ3n) is 4.70. The van der Waals surface area contributed by atoms with Crippen LogP contribution in [-0.2, 0) is 17.4 Å². The van der Waals surface area contributed by atoms with Crippen LogP contribution in [0.25, 0.3) is 10.9 Å². The zero-order valence-electron chi connectivity index (χ0n) is 14.4. The molecule has 1 amide bonds. The second-order valence-corrected chi connectivity index (χ2v) is 7.11. The van der Waals surface area contributed by atoms with Gasteiger partial charge in [0.2, 0.25) is 5.91 Å². The summed E-state index contributed by atoms with van der Waals surface area (Å²) < 4.78 is 1.91. The molecule has 1 aliphatic heterocycles. The molecule has 0 aliphatic carbocycles. The molecule has 3 rings (SSSR count). The number of nitrogens with zero attached hydrogens (tertiary/aromatic N) is 2. The molecule has 5 nitrogen and oxygen atoms in total. The zero-order valence-corrected chi connectivity index (χ0v) is 14.4. The Kier molecular flexibility index (Phi) is 4.15. The number of rotatable bonds is 4. The molecule has 1 unspecified atom stereocenters. The van der Waals surface area contributed by atoms with Crippen LogP contribution in [0.2, 0.25) is 0 Å². The Bertz CT molecular complexity index is 726. The molecule has 1 aliphatic rings. The number of nitrogens with one attached hydrogen (secondary N) is 2. The third-order valence-corrected chi connectivity index (χ3v) is 4.70. The smallest absolute Gasteiger partial charge is 0.222 e. The molecule has 2 heterocycles. The van der Waals surface area contributed by atoms with Crippen molar-refractivity contribution in [2.75, 3.05) is 6.54 Å². The van der Waals surface area contributed by atoms with Crippen molar-refractivity contribution in [1.82, 2.24) is 20.4 Å². The lowest BCUT2D eigenvalue weighted by atomic mass is 9.96. The monoisotopic (exact) mass is 314 g/mol. The molecule has 0 bridgehead atoms. The van der Waals surface area contributed by atoms with E-state index in [4.69, 9.17) is 5.10 Å². The summed E-state index contributed by atoms with van der Waals surface area (Å²) in [4.78, 5) is 12.4. The van der Waals surface area contributed by atoms with Gasteiger partial charge in [-0.15, -0.1) is 0 Å². The first kappa shape index (κ1) is 16.0. The molecule has 2 aromatic rings. The largest absolute Gasteiger partial charge is 0.345 e. The summed E-state index contributed by atoms with van der Waals surface area (Å²) in [6.45, 7) is 7.16. The minimum Gasteiger partial charge on any atom is -0.345 e. The lowest BCUT2D eigenvalue weighted by Gasteiger charge is -2.25. The fourth-order valence-corrected chi connectivity index (χ4v) is 3.61. The van der Waals surface area contributed by atoms with Gasteiger partial charge in [-0.3, -0.25) is 9.48 Å². The molecule has 1 saturated heterocycles. The highest BCUT2D eigenvalue weighted by Crippen LogP contribution is 2.29. The van der Waals surface area contributed by atoms with Gasteiger partial charge in [-0.05, 0) is 45.7 Å². The summed E-state index contributed by atoms with van der Waals surface area (Å²) in [6, 6.07) is 6.53. The quantitative estimate of drug-likeness (QED) is 0.911. The predicted octanol–water partition coefficient (Wildman–Crippen LogP) is 2.38. The van der Waals surface area contributed by atoms with Crippen LogP contribution in [0.4, 0.5) is 0 Å². The van der Waals surface area contributed by atoms with Crippen LogP contribution in [0, 0.1) is 6.92 Å². The fourth-order valence-electron chi connectivity index (χ4n) is 3.61. The van der Waals surface area contributed by atoms with E-state index in [1.165, 1.54) is 5.56 Å². The normalized spacial score (nSPS) is 18.5. The van der Waals surface area contributed by atoms with Crippen LogP contribution in [0.1, 0.15) is 44.4 Å². The van der Waals surface area contributed by atoms with Gasteiger partial charge >= 0.3 is 0 Å². The van der Waals surface area contributed by atoms with Gasteiger partial charge in [-0.1, -0.05) is 18.2 Å². The third kappa shape index (κ3) is 3.11. The van der Waals surface area contributed by atoms with Gasteiger partial charge in [0.15, 0.2) is 0 Å². The van der Waals surface area contributed by atoms with E-state index in [2.05, 4.69) is 29.7 Å². The van der Waals surface area contributed by atoms with Gasteiger partial charge < -0.3 is 10.6 Å². The maximum Gasteiger partial charge on any atom is 0.222 e. The number of amides is 1. The first-order chi connectivity index (χ1) is 10.9. The van der Waals surface area contributed by atoms with Crippen LogP contribution < -0.4 is 10.6 Å². The first-order valence-corrected chi connectivity index (χ1v) is 8.35. The van der Waals surface area contributed by atoms with Gasteiger partial charge in [0.05, 0.1) is 16.7 Å². The molecule has 1 atom stereocenters. The SMILES string of the molecule is Cc1cccc2c(C(C)(C)NC(=O)CC3CCCN3)nn(C)c12. The van der Waals surface area contributed by atoms with Crippen molar-refractivity contribution < 1.29 is 4.79 Å². The summed E-state index contributed by atoms with van der Waals surface area (Å²) in [5.74, 6) is 0.0841. The maximum absolute atomic E-state index is 12.4. The number of benzene rings is 1. The number of carbonyl (C=O) groups excluding carboxylic acids is 1. The molecule has 0 radical (unpaired) electrons. The number of hydrogen-bond donors (Lipinski definition) is 2. The molecule has 1 fully saturated rings. The van der Waals surface area contributed by atoms with Crippen LogP contribution in [0.15, 0.2) is 18.2 Å². The molecule has 5 heteroatoms. The Hall–Kier alpha value is -1.88. The molecule has 23 heavy (non-hydrogen) atoms. The number of aromatic nitrogens is 2. The van der Waals surface area contributed by atoms with E-state index in [1.807, 2.05) is 31.6 Å². The number of hydrogen-bond acceptors (Lipinski definition) is 3. The van der Waals surface area contributed by atoms with Crippen LogP contribution >= 0.6 is 0 Å². The molecular formula is C18H26N4O. The number of fused-ring (bicyclic) bond motifs is 1.